The van der Waals surface area contributed by atoms with Crippen molar-refractivity contribution in [2.75, 3.05) is 5.88 Å². The molecule has 1 aromatic carbocycles. The van der Waals surface area contributed by atoms with E-state index < -0.39 is 9.85 Å². The fourth-order valence-corrected chi connectivity index (χ4v) is 1.56. The summed E-state index contributed by atoms with van der Waals surface area (Å²) >= 11 is 0.843. The van der Waals surface area contributed by atoms with Crippen LogP contribution in [0.25, 0.3) is 0 Å². The standard InChI is InChI=1S/C7H6N2O4S/c10-8(11)5-14-7-4-2-1-3-6(7)9(12)13/h1-4H,5H2. The van der Waals surface area contributed by atoms with Crippen LogP contribution in [0.1, 0.15) is 0 Å². The number of nitro benzene ring substituents is 1. The highest BCUT2D eigenvalue weighted by Gasteiger charge is 2.14. The quantitative estimate of drug-likeness (QED) is 0.330. The molecule has 0 heterocycles. The van der Waals surface area contributed by atoms with Gasteiger partial charge in [-0.2, -0.15) is 0 Å². The number of thioether (sulfide) groups is 1. The summed E-state index contributed by atoms with van der Waals surface area (Å²) in [5.74, 6) is -0.370. The SMILES string of the molecule is O=[N+]([O-])CSc1ccccc1[N+](=O)[O-]. The second-order valence-electron chi connectivity index (χ2n) is 2.33. The molecule has 0 N–H and O–H groups in total. The number of benzene rings is 1. The van der Waals surface area contributed by atoms with Crippen LogP contribution >= 0.6 is 11.8 Å². The summed E-state index contributed by atoms with van der Waals surface area (Å²) in [5, 5.41) is 20.6. The van der Waals surface area contributed by atoms with E-state index in [9.17, 15) is 20.2 Å². The van der Waals surface area contributed by atoms with Gasteiger partial charge in [-0.1, -0.05) is 12.1 Å². The van der Waals surface area contributed by atoms with E-state index in [4.69, 9.17) is 0 Å². The van der Waals surface area contributed by atoms with Gasteiger partial charge in [0.25, 0.3) is 11.6 Å². The average molecular weight is 214 g/mol. The summed E-state index contributed by atoms with van der Waals surface area (Å²) in [6.07, 6.45) is 0. The maximum Gasteiger partial charge on any atom is 0.283 e. The van der Waals surface area contributed by atoms with Gasteiger partial charge in [0, 0.05) is 11.0 Å². The number of hydrogen-bond acceptors (Lipinski definition) is 5. The molecule has 0 atom stereocenters. The lowest BCUT2D eigenvalue weighted by molar-refractivity contribution is -0.456. The zero-order valence-electron chi connectivity index (χ0n) is 6.95. The molecule has 0 saturated heterocycles. The Hall–Kier alpha value is -1.63. The lowest BCUT2D eigenvalue weighted by Gasteiger charge is -1.97. The molecular formula is C7H6N2O4S. The molecule has 0 aliphatic rings. The first-order chi connectivity index (χ1) is 6.61. The topological polar surface area (TPSA) is 86.3 Å². The van der Waals surface area contributed by atoms with E-state index in [0.29, 0.717) is 4.90 Å². The average Bonchev–Trinajstić information content (AvgIpc) is 2.15. The lowest BCUT2D eigenvalue weighted by atomic mass is 10.3. The van der Waals surface area contributed by atoms with E-state index >= 15 is 0 Å². The Morgan fingerprint density at radius 1 is 1.21 bits per heavy atom. The highest BCUT2D eigenvalue weighted by Crippen LogP contribution is 2.28. The van der Waals surface area contributed by atoms with Crippen molar-refractivity contribution in [1.82, 2.24) is 0 Å². The predicted octanol–water partition coefficient (Wildman–Crippen LogP) is 1.92. The Kier molecular flexibility index (Phi) is 3.41. The maximum atomic E-state index is 10.5. The van der Waals surface area contributed by atoms with Gasteiger partial charge >= 0.3 is 0 Å². The van der Waals surface area contributed by atoms with E-state index in [-0.39, 0.29) is 11.6 Å². The lowest BCUT2D eigenvalue weighted by Crippen LogP contribution is -1.97. The van der Waals surface area contributed by atoms with Crippen molar-refractivity contribution >= 4 is 17.4 Å². The molecule has 0 saturated carbocycles. The second-order valence-corrected chi connectivity index (χ2v) is 3.32. The molecule has 1 rings (SSSR count). The van der Waals surface area contributed by atoms with Crippen LogP contribution in [0.4, 0.5) is 5.69 Å². The molecule has 0 amide bonds. The third-order valence-corrected chi connectivity index (χ3v) is 2.38. The minimum Gasteiger partial charge on any atom is -0.264 e. The fraction of sp³-hybridized carbons (Fsp3) is 0.143. The Morgan fingerprint density at radius 3 is 2.43 bits per heavy atom. The molecule has 74 valence electrons. The first kappa shape index (κ1) is 10.5. The van der Waals surface area contributed by atoms with Crippen molar-refractivity contribution in [3.8, 4) is 0 Å². The number of nitrogens with zero attached hydrogens (tertiary/aromatic N) is 2. The van der Waals surface area contributed by atoms with Gasteiger partial charge in [0.05, 0.1) is 9.82 Å². The van der Waals surface area contributed by atoms with Gasteiger partial charge in [-0.05, 0) is 17.8 Å². The van der Waals surface area contributed by atoms with Crippen molar-refractivity contribution in [2.45, 2.75) is 4.90 Å². The first-order valence-electron chi connectivity index (χ1n) is 3.59. The normalized spacial score (nSPS) is 9.71. The van der Waals surface area contributed by atoms with E-state index in [1.165, 1.54) is 18.2 Å². The van der Waals surface area contributed by atoms with Crippen LogP contribution < -0.4 is 0 Å². The third kappa shape index (κ3) is 2.70. The van der Waals surface area contributed by atoms with E-state index in [0.717, 1.165) is 11.8 Å². The van der Waals surface area contributed by atoms with Crippen molar-refractivity contribution < 1.29 is 9.85 Å². The van der Waals surface area contributed by atoms with Crippen molar-refractivity contribution in [3.05, 3.63) is 44.5 Å². The van der Waals surface area contributed by atoms with Crippen LogP contribution in [0.15, 0.2) is 29.2 Å². The molecule has 6 nitrogen and oxygen atoms in total. The molecule has 0 bridgehead atoms. The summed E-state index contributed by atoms with van der Waals surface area (Å²) in [6.45, 7) is 0. The van der Waals surface area contributed by atoms with Crippen LogP contribution in [-0.4, -0.2) is 15.7 Å². The number of hydrogen-bond donors (Lipinski definition) is 0. The van der Waals surface area contributed by atoms with Gasteiger partial charge in [0.2, 0.25) is 0 Å². The largest absolute Gasteiger partial charge is 0.283 e. The predicted molar refractivity (Wildman–Crippen MR) is 50.8 cm³/mol. The minimum absolute atomic E-state index is 0.0978. The maximum absolute atomic E-state index is 10.5. The van der Waals surface area contributed by atoms with Crippen LogP contribution in [0.5, 0.6) is 0 Å². The number of para-hydroxylation sites is 1. The Balaban J connectivity index is 2.84. The summed E-state index contributed by atoms with van der Waals surface area (Å²) in [4.78, 5) is 19.8. The van der Waals surface area contributed by atoms with Crippen LogP contribution in [0.2, 0.25) is 0 Å². The molecule has 0 radical (unpaired) electrons. The Labute approximate surface area is 83.2 Å². The third-order valence-electron chi connectivity index (χ3n) is 1.39. The van der Waals surface area contributed by atoms with Crippen molar-refractivity contribution in [3.63, 3.8) is 0 Å². The summed E-state index contributed by atoms with van der Waals surface area (Å²) < 4.78 is 0. The van der Waals surface area contributed by atoms with Crippen LogP contribution in [-0.2, 0) is 0 Å². The second kappa shape index (κ2) is 4.56. The zero-order valence-corrected chi connectivity index (χ0v) is 7.77. The number of rotatable bonds is 4. The van der Waals surface area contributed by atoms with Gasteiger partial charge in [0.15, 0.2) is 0 Å². The molecule has 0 aliphatic heterocycles. The first-order valence-corrected chi connectivity index (χ1v) is 4.58. The van der Waals surface area contributed by atoms with Gasteiger partial charge < -0.3 is 0 Å². The molecule has 0 unspecified atom stereocenters. The van der Waals surface area contributed by atoms with Gasteiger partial charge in [-0.3, -0.25) is 20.2 Å². The number of nitro groups is 2. The molecular weight excluding hydrogens is 208 g/mol. The molecule has 0 aliphatic carbocycles. The van der Waals surface area contributed by atoms with Crippen LogP contribution in [0, 0.1) is 20.2 Å². The Bertz CT molecular complexity index is 368. The zero-order chi connectivity index (χ0) is 10.6. The molecule has 0 aromatic heterocycles. The van der Waals surface area contributed by atoms with Crippen LogP contribution in [0.3, 0.4) is 0 Å². The molecule has 0 spiro atoms. The highest BCUT2D eigenvalue weighted by atomic mass is 32.2. The summed E-state index contributed by atoms with van der Waals surface area (Å²) in [6, 6.07) is 5.94. The van der Waals surface area contributed by atoms with Crippen molar-refractivity contribution in [2.24, 2.45) is 0 Å². The highest BCUT2D eigenvalue weighted by molar-refractivity contribution is 7.99. The molecule has 1 aromatic rings. The molecule has 14 heavy (non-hydrogen) atoms. The molecule has 0 fully saturated rings. The smallest absolute Gasteiger partial charge is 0.264 e. The van der Waals surface area contributed by atoms with Gasteiger partial charge in [0.1, 0.15) is 0 Å². The minimum atomic E-state index is -0.553. The summed E-state index contributed by atoms with van der Waals surface area (Å²) in [7, 11) is 0. The van der Waals surface area contributed by atoms with Gasteiger partial charge in [-0.15, -0.1) is 0 Å². The van der Waals surface area contributed by atoms with E-state index in [2.05, 4.69) is 0 Å². The Morgan fingerprint density at radius 2 is 1.86 bits per heavy atom. The van der Waals surface area contributed by atoms with E-state index in [1.54, 1.807) is 6.07 Å². The van der Waals surface area contributed by atoms with Crippen molar-refractivity contribution in [1.29, 1.82) is 0 Å². The fourth-order valence-electron chi connectivity index (χ4n) is 0.852. The monoisotopic (exact) mass is 214 g/mol. The van der Waals surface area contributed by atoms with E-state index in [1.807, 2.05) is 0 Å². The molecule has 7 heteroatoms. The van der Waals surface area contributed by atoms with Gasteiger partial charge in [-0.25, -0.2) is 0 Å². The summed E-state index contributed by atoms with van der Waals surface area (Å²) in [5.41, 5.74) is -0.0978.